The number of benzene rings is 3. The lowest BCUT2D eigenvalue weighted by Gasteiger charge is -2.51. The number of hydrogen-bond acceptors (Lipinski definition) is 5. The molecule has 1 atom stereocenters. The number of fused-ring (bicyclic) bond motifs is 4. The molecule has 34 heavy (non-hydrogen) atoms. The smallest absolute Gasteiger partial charge is 0.200 e. The van der Waals surface area contributed by atoms with Crippen molar-refractivity contribution in [2.75, 3.05) is 20.2 Å². The second kappa shape index (κ2) is 8.48. The van der Waals surface area contributed by atoms with Crippen LogP contribution in [0.2, 0.25) is 0 Å². The lowest BCUT2D eigenvalue weighted by atomic mass is 9.90. The van der Waals surface area contributed by atoms with Gasteiger partial charge in [0.25, 0.3) is 0 Å². The van der Waals surface area contributed by atoms with Gasteiger partial charge in [0, 0.05) is 44.5 Å². The van der Waals surface area contributed by atoms with Crippen molar-refractivity contribution >= 4 is 5.71 Å². The van der Waals surface area contributed by atoms with Crippen LogP contribution in [0.25, 0.3) is 0 Å². The first-order valence-corrected chi connectivity index (χ1v) is 12.2. The van der Waals surface area contributed by atoms with Crippen molar-refractivity contribution in [1.29, 1.82) is 0 Å². The maximum atomic E-state index is 6.82. The Morgan fingerprint density at radius 1 is 1.00 bits per heavy atom. The van der Waals surface area contributed by atoms with Crippen molar-refractivity contribution in [3.63, 3.8) is 0 Å². The maximum Gasteiger partial charge on any atom is 0.200 e. The Morgan fingerprint density at radius 3 is 2.50 bits per heavy atom. The minimum atomic E-state index is -0.395. The quantitative estimate of drug-likeness (QED) is 0.520. The highest BCUT2D eigenvalue weighted by atomic mass is 16.5. The normalized spacial score (nSPS) is 20.9. The van der Waals surface area contributed by atoms with E-state index in [9.17, 15) is 0 Å². The van der Waals surface area contributed by atoms with Gasteiger partial charge in [-0.3, -0.25) is 4.90 Å². The SMILES string of the molecule is COc1ccc(C2=NN3[C@@H](C2)c2cc(C)ccc2OC32CCN(Cc3ccccc3)CC2)cc1. The molecule has 0 amide bonds. The number of ether oxygens (including phenoxy) is 2. The molecule has 174 valence electrons. The number of hydrazone groups is 1. The third-order valence-corrected chi connectivity index (χ3v) is 7.46. The van der Waals surface area contributed by atoms with Crippen molar-refractivity contribution in [2.24, 2.45) is 5.10 Å². The van der Waals surface area contributed by atoms with E-state index in [0.29, 0.717) is 0 Å². The van der Waals surface area contributed by atoms with Gasteiger partial charge in [-0.25, -0.2) is 5.01 Å². The average molecular weight is 454 g/mol. The van der Waals surface area contributed by atoms with Crippen LogP contribution in [0.1, 0.15) is 47.6 Å². The van der Waals surface area contributed by atoms with Gasteiger partial charge in [0.1, 0.15) is 11.5 Å². The molecule has 6 rings (SSSR count). The van der Waals surface area contributed by atoms with Crippen LogP contribution in [0.5, 0.6) is 11.5 Å². The van der Waals surface area contributed by atoms with Crippen LogP contribution in [-0.2, 0) is 6.54 Å². The molecule has 0 radical (unpaired) electrons. The van der Waals surface area contributed by atoms with Gasteiger partial charge in [-0.2, -0.15) is 5.10 Å². The van der Waals surface area contributed by atoms with E-state index >= 15 is 0 Å². The Labute approximate surface area is 201 Å². The molecule has 0 saturated carbocycles. The summed E-state index contributed by atoms with van der Waals surface area (Å²) in [5, 5.41) is 7.52. The molecule has 0 unspecified atom stereocenters. The van der Waals surface area contributed by atoms with Gasteiger partial charge in [0.2, 0.25) is 5.72 Å². The number of nitrogens with zero attached hydrogens (tertiary/aromatic N) is 3. The number of piperidine rings is 1. The Morgan fingerprint density at radius 2 is 1.76 bits per heavy atom. The summed E-state index contributed by atoms with van der Waals surface area (Å²) in [4.78, 5) is 2.54. The van der Waals surface area contributed by atoms with Gasteiger partial charge in [0.15, 0.2) is 0 Å². The highest BCUT2D eigenvalue weighted by Crippen LogP contribution is 2.50. The second-order valence-corrected chi connectivity index (χ2v) is 9.69. The first kappa shape index (κ1) is 21.2. The van der Waals surface area contributed by atoms with E-state index in [1.807, 2.05) is 12.1 Å². The zero-order chi connectivity index (χ0) is 23.1. The molecular weight excluding hydrogens is 422 g/mol. The van der Waals surface area contributed by atoms with E-state index in [0.717, 1.165) is 61.7 Å². The predicted octanol–water partition coefficient (Wildman–Crippen LogP) is 5.54. The van der Waals surface area contributed by atoms with E-state index in [2.05, 4.69) is 77.5 Å². The lowest BCUT2D eigenvalue weighted by molar-refractivity contribution is -0.150. The Kier molecular flexibility index (Phi) is 5.30. The van der Waals surface area contributed by atoms with Gasteiger partial charge in [-0.1, -0.05) is 48.0 Å². The molecule has 5 nitrogen and oxygen atoms in total. The van der Waals surface area contributed by atoms with E-state index in [1.54, 1.807) is 7.11 Å². The largest absolute Gasteiger partial charge is 0.497 e. The summed E-state index contributed by atoms with van der Waals surface area (Å²) < 4.78 is 12.2. The van der Waals surface area contributed by atoms with Crippen LogP contribution in [-0.4, -0.2) is 41.5 Å². The summed E-state index contributed by atoms with van der Waals surface area (Å²) in [5.74, 6) is 1.89. The van der Waals surface area contributed by atoms with Gasteiger partial charge in [-0.15, -0.1) is 0 Å². The fourth-order valence-corrected chi connectivity index (χ4v) is 5.59. The van der Waals surface area contributed by atoms with Crippen LogP contribution in [0.3, 0.4) is 0 Å². The molecule has 0 aromatic heterocycles. The summed E-state index contributed by atoms with van der Waals surface area (Å²) in [6.07, 6.45) is 2.76. The molecule has 3 aromatic carbocycles. The molecular formula is C29H31N3O2. The standard InChI is InChI=1S/C29H31N3O2/c1-21-8-13-28-25(18-21)27-19-26(23-9-11-24(33-2)12-10-23)30-32(27)29(34-28)14-16-31(17-15-29)20-22-6-4-3-5-7-22/h3-13,18,27H,14-17,19-20H2,1-2H3/t27-/m0/s1. The highest BCUT2D eigenvalue weighted by molar-refractivity contribution is 6.02. The van der Waals surface area contributed by atoms with E-state index in [4.69, 9.17) is 14.6 Å². The highest BCUT2D eigenvalue weighted by Gasteiger charge is 2.51. The summed E-state index contributed by atoms with van der Waals surface area (Å²) in [7, 11) is 1.70. The van der Waals surface area contributed by atoms with Crippen LogP contribution >= 0.6 is 0 Å². The van der Waals surface area contributed by atoms with Crippen molar-refractivity contribution in [3.8, 4) is 11.5 Å². The number of likely N-dealkylation sites (tertiary alicyclic amines) is 1. The first-order chi connectivity index (χ1) is 16.6. The molecule has 1 saturated heterocycles. The number of hydrogen-bond donors (Lipinski definition) is 0. The molecule has 1 fully saturated rings. The number of methoxy groups -OCH3 is 1. The van der Waals surface area contributed by atoms with E-state index in [-0.39, 0.29) is 6.04 Å². The monoisotopic (exact) mass is 453 g/mol. The molecule has 3 aliphatic rings. The van der Waals surface area contributed by atoms with Crippen molar-refractivity contribution < 1.29 is 9.47 Å². The van der Waals surface area contributed by atoms with Crippen LogP contribution in [0.4, 0.5) is 0 Å². The summed E-state index contributed by atoms with van der Waals surface area (Å²) in [6.45, 7) is 5.12. The number of aryl methyl sites for hydroxylation is 1. The van der Waals surface area contributed by atoms with Crippen molar-refractivity contribution in [3.05, 3.63) is 95.1 Å². The minimum Gasteiger partial charge on any atom is -0.497 e. The molecule has 1 spiro atoms. The molecule has 5 heteroatoms. The van der Waals surface area contributed by atoms with Crippen molar-refractivity contribution in [1.82, 2.24) is 9.91 Å². The van der Waals surface area contributed by atoms with E-state index in [1.165, 1.54) is 16.7 Å². The Bertz CT molecular complexity index is 1200. The van der Waals surface area contributed by atoms with E-state index < -0.39 is 5.72 Å². The molecule has 3 aromatic rings. The summed E-state index contributed by atoms with van der Waals surface area (Å²) in [5.41, 5.74) is 5.76. The molecule has 3 aliphatic heterocycles. The first-order valence-electron chi connectivity index (χ1n) is 12.2. The lowest BCUT2D eigenvalue weighted by Crippen LogP contribution is -2.59. The zero-order valence-electron chi connectivity index (χ0n) is 19.9. The molecule has 0 bridgehead atoms. The zero-order valence-corrected chi connectivity index (χ0v) is 19.9. The van der Waals surface area contributed by atoms with Gasteiger partial charge in [0.05, 0.1) is 18.9 Å². The summed E-state index contributed by atoms with van der Waals surface area (Å²) in [6, 6.07) is 25.8. The van der Waals surface area contributed by atoms with Crippen LogP contribution < -0.4 is 9.47 Å². The Balaban J connectivity index is 1.30. The minimum absolute atomic E-state index is 0.210. The molecule has 3 heterocycles. The fraction of sp³-hybridized carbons (Fsp3) is 0.345. The Hall–Kier alpha value is -3.31. The van der Waals surface area contributed by atoms with Gasteiger partial charge >= 0.3 is 0 Å². The van der Waals surface area contributed by atoms with Gasteiger partial charge < -0.3 is 9.47 Å². The predicted molar refractivity (Wildman–Crippen MR) is 134 cm³/mol. The maximum absolute atomic E-state index is 6.82. The summed E-state index contributed by atoms with van der Waals surface area (Å²) >= 11 is 0. The average Bonchev–Trinajstić information content (AvgIpc) is 3.34. The molecule has 0 N–H and O–H groups in total. The van der Waals surface area contributed by atoms with Crippen molar-refractivity contribution in [2.45, 2.75) is 44.5 Å². The third kappa shape index (κ3) is 3.74. The van der Waals surface area contributed by atoms with Crippen LogP contribution in [0.15, 0.2) is 77.9 Å². The molecule has 0 aliphatic carbocycles. The van der Waals surface area contributed by atoms with Crippen LogP contribution in [0, 0.1) is 6.92 Å². The topological polar surface area (TPSA) is 37.3 Å². The fourth-order valence-electron chi connectivity index (χ4n) is 5.59. The van der Waals surface area contributed by atoms with Gasteiger partial charge in [-0.05, 0) is 48.4 Å². The second-order valence-electron chi connectivity index (χ2n) is 9.69. The third-order valence-electron chi connectivity index (χ3n) is 7.46. The number of rotatable bonds is 4.